The molecule has 1 aromatic carbocycles. The van der Waals surface area contributed by atoms with E-state index in [1.807, 2.05) is 0 Å². The van der Waals surface area contributed by atoms with Crippen LogP contribution in [0.4, 0.5) is 15.8 Å². The zero-order valence-corrected chi connectivity index (χ0v) is 10.7. The molecule has 6 nitrogen and oxygen atoms in total. The van der Waals surface area contributed by atoms with Crippen molar-refractivity contribution >= 4 is 11.4 Å². The van der Waals surface area contributed by atoms with Crippen LogP contribution in [-0.4, -0.2) is 17.0 Å². The molecule has 0 fully saturated rings. The molecule has 0 amide bonds. The molecular weight excluding hydrogens is 265 g/mol. The summed E-state index contributed by atoms with van der Waals surface area (Å²) in [5, 5.41) is 13.5. The van der Waals surface area contributed by atoms with Crippen molar-refractivity contribution in [3.05, 3.63) is 58.0 Å². The monoisotopic (exact) mass is 277 g/mol. The number of nitrogens with one attached hydrogen (secondary N) is 1. The molecule has 1 heterocycles. The Morgan fingerprint density at radius 1 is 1.40 bits per heavy atom. The van der Waals surface area contributed by atoms with Gasteiger partial charge in [-0.25, -0.2) is 4.98 Å². The largest absolute Gasteiger partial charge is 0.481 e. The Morgan fingerprint density at radius 2 is 2.20 bits per heavy atom. The van der Waals surface area contributed by atoms with Crippen molar-refractivity contribution in [1.29, 1.82) is 0 Å². The Bertz CT molecular complexity index is 617. The maximum atomic E-state index is 13.4. The van der Waals surface area contributed by atoms with Crippen LogP contribution in [0.25, 0.3) is 0 Å². The van der Waals surface area contributed by atoms with Gasteiger partial charge >= 0.3 is 5.69 Å². The molecule has 0 atom stereocenters. The molecule has 2 aromatic rings. The number of aromatic nitrogens is 1. The van der Waals surface area contributed by atoms with Gasteiger partial charge in [0.2, 0.25) is 11.7 Å². The van der Waals surface area contributed by atoms with Gasteiger partial charge in [-0.15, -0.1) is 0 Å². The minimum Gasteiger partial charge on any atom is -0.481 e. The van der Waals surface area contributed by atoms with Crippen molar-refractivity contribution in [2.45, 2.75) is 6.54 Å². The van der Waals surface area contributed by atoms with E-state index in [2.05, 4.69) is 10.3 Å². The van der Waals surface area contributed by atoms with Crippen LogP contribution in [0.3, 0.4) is 0 Å². The fourth-order valence-corrected chi connectivity index (χ4v) is 1.62. The maximum Gasteiger partial charge on any atom is 0.304 e. The molecule has 104 valence electrons. The normalized spacial score (nSPS) is 10.1. The first-order valence-electron chi connectivity index (χ1n) is 5.77. The van der Waals surface area contributed by atoms with Crippen LogP contribution in [0.15, 0.2) is 36.5 Å². The SMILES string of the molecule is COc1ccc(NCc2ccc([N+](=O)[O-])c(F)c2)cn1. The van der Waals surface area contributed by atoms with Gasteiger partial charge in [0.25, 0.3) is 0 Å². The molecule has 0 bridgehead atoms. The lowest BCUT2D eigenvalue weighted by Crippen LogP contribution is -2.01. The molecule has 0 aliphatic heterocycles. The number of nitro groups is 1. The lowest BCUT2D eigenvalue weighted by Gasteiger charge is -2.07. The summed E-state index contributed by atoms with van der Waals surface area (Å²) in [5.41, 5.74) is 0.813. The molecular formula is C13H12FN3O3. The molecule has 0 spiro atoms. The van der Waals surface area contributed by atoms with E-state index in [0.29, 0.717) is 18.0 Å². The molecule has 0 radical (unpaired) electrons. The van der Waals surface area contributed by atoms with E-state index < -0.39 is 16.4 Å². The first-order valence-corrected chi connectivity index (χ1v) is 5.77. The summed E-state index contributed by atoms with van der Waals surface area (Å²) in [4.78, 5) is 13.8. The number of nitrogens with zero attached hydrogens (tertiary/aromatic N) is 2. The minimum atomic E-state index is -0.845. The van der Waals surface area contributed by atoms with E-state index in [1.165, 1.54) is 13.2 Å². The Balaban J connectivity index is 2.03. The molecule has 0 saturated heterocycles. The summed E-state index contributed by atoms with van der Waals surface area (Å²) in [5.74, 6) is -0.348. The van der Waals surface area contributed by atoms with Crippen molar-refractivity contribution in [2.75, 3.05) is 12.4 Å². The fourth-order valence-electron chi connectivity index (χ4n) is 1.62. The van der Waals surface area contributed by atoms with Crippen LogP contribution in [0.2, 0.25) is 0 Å². The molecule has 0 aliphatic rings. The van der Waals surface area contributed by atoms with E-state index in [-0.39, 0.29) is 0 Å². The topological polar surface area (TPSA) is 77.3 Å². The number of hydrogen-bond acceptors (Lipinski definition) is 5. The van der Waals surface area contributed by atoms with Crippen molar-refractivity contribution in [1.82, 2.24) is 4.98 Å². The van der Waals surface area contributed by atoms with Crippen LogP contribution < -0.4 is 10.1 Å². The molecule has 0 unspecified atom stereocenters. The number of pyridine rings is 1. The van der Waals surface area contributed by atoms with Gasteiger partial charge in [0.1, 0.15) is 0 Å². The lowest BCUT2D eigenvalue weighted by atomic mass is 10.2. The summed E-state index contributed by atoms with van der Waals surface area (Å²) < 4.78 is 18.4. The predicted molar refractivity (Wildman–Crippen MR) is 71.2 cm³/mol. The van der Waals surface area contributed by atoms with Crippen molar-refractivity contribution in [3.8, 4) is 5.88 Å². The Hall–Kier alpha value is -2.70. The summed E-state index contributed by atoms with van der Waals surface area (Å²) in [7, 11) is 1.52. The number of halogens is 1. The predicted octanol–water partition coefficient (Wildman–Crippen LogP) is 2.75. The summed E-state index contributed by atoms with van der Waals surface area (Å²) in [6.45, 7) is 0.336. The van der Waals surface area contributed by atoms with E-state index in [4.69, 9.17) is 4.74 Å². The first-order chi connectivity index (χ1) is 9.60. The second-order valence-electron chi connectivity index (χ2n) is 3.99. The molecule has 1 N–H and O–H groups in total. The van der Waals surface area contributed by atoms with Gasteiger partial charge < -0.3 is 10.1 Å². The minimum absolute atomic E-state index is 0.336. The van der Waals surface area contributed by atoms with Gasteiger partial charge in [-0.1, -0.05) is 6.07 Å². The Kier molecular flexibility index (Phi) is 4.09. The second-order valence-corrected chi connectivity index (χ2v) is 3.99. The molecule has 1 aromatic heterocycles. The van der Waals surface area contributed by atoms with E-state index in [9.17, 15) is 14.5 Å². The fraction of sp³-hybridized carbons (Fsp3) is 0.154. The zero-order chi connectivity index (χ0) is 14.5. The molecule has 20 heavy (non-hydrogen) atoms. The van der Waals surface area contributed by atoms with Gasteiger partial charge in [-0.05, 0) is 17.7 Å². The van der Waals surface area contributed by atoms with Crippen molar-refractivity contribution < 1.29 is 14.1 Å². The smallest absolute Gasteiger partial charge is 0.304 e. The standard InChI is InChI=1S/C13H12FN3O3/c1-20-13-5-3-10(8-16-13)15-7-9-2-4-12(17(18)19)11(14)6-9/h2-6,8,15H,7H2,1H3. The summed E-state index contributed by atoms with van der Waals surface area (Å²) in [6.07, 6.45) is 1.58. The number of hydrogen-bond donors (Lipinski definition) is 1. The first kappa shape index (κ1) is 13.7. The highest BCUT2D eigenvalue weighted by Gasteiger charge is 2.13. The summed E-state index contributed by atoms with van der Waals surface area (Å²) in [6, 6.07) is 7.26. The van der Waals surface area contributed by atoms with Crippen LogP contribution in [0.5, 0.6) is 5.88 Å². The quantitative estimate of drug-likeness (QED) is 0.671. The molecule has 0 saturated carbocycles. The second kappa shape index (κ2) is 5.96. The summed E-state index contributed by atoms with van der Waals surface area (Å²) >= 11 is 0. The third kappa shape index (κ3) is 3.19. The van der Waals surface area contributed by atoms with Crippen molar-refractivity contribution in [2.24, 2.45) is 0 Å². The van der Waals surface area contributed by atoms with Crippen LogP contribution in [-0.2, 0) is 6.54 Å². The third-order valence-corrected chi connectivity index (χ3v) is 2.65. The average molecular weight is 277 g/mol. The van der Waals surface area contributed by atoms with Crippen LogP contribution in [0, 0.1) is 15.9 Å². The van der Waals surface area contributed by atoms with Gasteiger partial charge in [0.15, 0.2) is 0 Å². The van der Waals surface area contributed by atoms with Gasteiger partial charge in [0, 0.05) is 18.7 Å². The van der Waals surface area contributed by atoms with Crippen LogP contribution >= 0.6 is 0 Å². The highest BCUT2D eigenvalue weighted by atomic mass is 19.1. The molecule has 7 heteroatoms. The van der Waals surface area contributed by atoms with Gasteiger partial charge in [0.05, 0.1) is 23.9 Å². The Morgan fingerprint density at radius 3 is 2.75 bits per heavy atom. The molecule has 2 rings (SSSR count). The Labute approximate surface area is 114 Å². The van der Waals surface area contributed by atoms with E-state index in [0.717, 1.165) is 17.8 Å². The lowest BCUT2D eigenvalue weighted by molar-refractivity contribution is -0.387. The number of rotatable bonds is 5. The van der Waals surface area contributed by atoms with E-state index >= 15 is 0 Å². The van der Waals surface area contributed by atoms with Crippen LogP contribution in [0.1, 0.15) is 5.56 Å². The number of anilines is 1. The number of nitro benzene ring substituents is 1. The molecule has 0 aliphatic carbocycles. The zero-order valence-electron chi connectivity index (χ0n) is 10.7. The highest BCUT2D eigenvalue weighted by molar-refractivity contribution is 5.43. The number of benzene rings is 1. The number of ether oxygens (including phenoxy) is 1. The third-order valence-electron chi connectivity index (χ3n) is 2.65. The van der Waals surface area contributed by atoms with E-state index in [1.54, 1.807) is 18.3 Å². The maximum absolute atomic E-state index is 13.4. The van der Waals surface area contributed by atoms with Gasteiger partial charge in [-0.2, -0.15) is 4.39 Å². The average Bonchev–Trinajstić information content (AvgIpc) is 2.45. The number of methoxy groups -OCH3 is 1. The van der Waals surface area contributed by atoms with Gasteiger partial charge in [-0.3, -0.25) is 10.1 Å². The highest BCUT2D eigenvalue weighted by Crippen LogP contribution is 2.19. The van der Waals surface area contributed by atoms with Crippen molar-refractivity contribution in [3.63, 3.8) is 0 Å².